The second-order valence-corrected chi connectivity index (χ2v) is 7.61. The predicted octanol–water partition coefficient (Wildman–Crippen LogP) is 3.84. The van der Waals surface area contributed by atoms with Gasteiger partial charge in [0.25, 0.3) is 11.1 Å². The van der Waals surface area contributed by atoms with E-state index < -0.39 is 5.97 Å². The quantitative estimate of drug-likeness (QED) is 0.582. The zero-order valence-electron chi connectivity index (χ0n) is 15.9. The van der Waals surface area contributed by atoms with Crippen LogP contribution in [-0.4, -0.2) is 44.8 Å². The van der Waals surface area contributed by atoms with Crippen molar-refractivity contribution in [2.24, 2.45) is 0 Å². The maximum Gasteiger partial charge on any atom is 0.323 e. The number of carboxylic acids is 1. The molecule has 0 bridgehead atoms. The summed E-state index contributed by atoms with van der Waals surface area (Å²) in [7, 11) is 0. The molecule has 1 aliphatic heterocycles. The van der Waals surface area contributed by atoms with Crippen LogP contribution in [0.1, 0.15) is 5.56 Å². The molecule has 3 aromatic rings. The fraction of sp³-hybridized carbons (Fsp3) is 0.136. The van der Waals surface area contributed by atoms with Crippen molar-refractivity contribution < 1.29 is 24.2 Å². The van der Waals surface area contributed by atoms with E-state index in [9.17, 15) is 14.4 Å². The molecule has 0 saturated carbocycles. The first-order chi connectivity index (χ1) is 14.5. The van der Waals surface area contributed by atoms with Crippen molar-refractivity contribution in [1.82, 2.24) is 9.47 Å². The van der Waals surface area contributed by atoms with Gasteiger partial charge in [-0.05, 0) is 36.0 Å². The maximum absolute atomic E-state index is 12.7. The molecular weight excluding hydrogens is 404 g/mol. The third-order valence-electron chi connectivity index (χ3n) is 4.61. The molecule has 2 amide bonds. The van der Waals surface area contributed by atoms with Crippen LogP contribution in [0.5, 0.6) is 5.75 Å². The Hall–Kier alpha value is -3.52. The Bertz CT molecular complexity index is 1150. The molecular formula is C22H18N2O5S. The standard InChI is InChI=1S/C22H18N2O5S/c25-20(26)14-23-13-15(17-8-4-5-9-18(17)23)12-19-21(27)24(22(28)30-19)10-11-29-16-6-2-1-3-7-16/h1-9,12-13H,10-11,14H2,(H,25,26)/b19-12-. The molecule has 1 aliphatic rings. The van der Waals surface area contributed by atoms with Gasteiger partial charge in [-0.2, -0.15) is 0 Å². The van der Waals surface area contributed by atoms with Gasteiger partial charge in [0.05, 0.1) is 11.4 Å². The number of aliphatic carboxylic acids is 1. The third kappa shape index (κ3) is 4.08. The van der Waals surface area contributed by atoms with E-state index in [1.165, 1.54) is 0 Å². The number of imide groups is 1. The number of carbonyl (C=O) groups is 3. The van der Waals surface area contributed by atoms with Gasteiger partial charge in [-0.25, -0.2) is 0 Å². The Morgan fingerprint density at radius 2 is 1.80 bits per heavy atom. The molecule has 4 rings (SSSR count). The van der Waals surface area contributed by atoms with Crippen LogP contribution in [0.4, 0.5) is 4.79 Å². The lowest BCUT2D eigenvalue weighted by atomic mass is 10.1. The van der Waals surface area contributed by atoms with Crippen LogP contribution in [0.2, 0.25) is 0 Å². The molecule has 7 nitrogen and oxygen atoms in total. The largest absolute Gasteiger partial charge is 0.492 e. The average molecular weight is 422 g/mol. The molecule has 1 fully saturated rings. The molecule has 0 spiro atoms. The molecule has 0 aliphatic carbocycles. The van der Waals surface area contributed by atoms with E-state index in [2.05, 4.69) is 0 Å². The van der Waals surface area contributed by atoms with Gasteiger partial charge in [-0.3, -0.25) is 19.3 Å². The van der Waals surface area contributed by atoms with E-state index in [1.807, 2.05) is 42.5 Å². The number of carboxylic acid groups (broad SMARTS) is 1. The fourth-order valence-electron chi connectivity index (χ4n) is 3.27. The number of thioether (sulfide) groups is 1. The second-order valence-electron chi connectivity index (χ2n) is 6.62. The minimum atomic E-state index is -0.957. The zero-order chi connectivity index (χ0) is 21.1. The van der Waals surface area contributed by atoms with Crippen molar-refractivity contribution in [3.8, 4) is 5.75 Å². The second kappa shape index (κ2) is 8.46. The number of nitrogens with zero attached hydrogens (tertiary/aromatic N) is 2. The van der Waals surface area contributed by atoms with Crippen molar-refractivity contribution >= 4 is 45.9 Å². The lowest BCUT2D eigenvalue weighted by molar-refractivity contribution is -0.137. The Morgan fingerprint density at radius 1 is 1.07 bits per heavy atom. The van der Waals surface area contributed by atoms with Crippen LogP contribution in [0.3, 0.4) is 0 Å². The van der Waals surface area contributed by atoms with Crippen molar-refractivity contribution in [3.05, 3.63) is 71.3 Å². The highest BCUT2D eigenvalue weighted by atomic mass is 32.2. The molecule has 8 heteroatoms. The summed E-state index contributed by atoms with van der Waals surface area (Å²) in [4.78, 5) is 37.7. The SMILES string of the molecule is O=C(O)Cn1cc(/C=C2\SC(=O)N(CCOc3ccccc3)C2=O)c2ccccc21. The number of para-hydroxylation sites is 2. The van der Waals surface area contributed by atoms with E-state index in [4.69, 9.17) is 9.84 Å². The van der Waals surface area contributed by atoms with Crippen LogP contribution >= 0.6 is 11.8 Å². The summed E-state index contributed by atoms with van der Waals surface area (Å²) in [6.07, 6.45) is 3.33. The highest BCUT2D eigenvalue weighted by Gasteiger charge is 2.35. The number of hydrogen-bond acceptors (Lipinski definition) is 5. The van der Waals surface area contributed by atoms with Crippen molar-refractivity contribution in [2.75, 3.05) is 13.2 Å². The monoisotopic (exact) mass is 422 g/mol. The first-order valence-corrected chi connectivity index (χ1v) is 10.1. The Labute approximate surface area is 176 Å². The van der Waals surface area contributed by atoms with Crippen LogP contribution in [0.15, 0.2) is 65.7 Å². The minimum absolute atomic E-state index is 0.150. The average Bonchev–Trinajstić information content (AvgIpc) is 3.20. The van der Waals surface area contributed by atoms with Crippen molar-refractivity contribution in [2.45, 2.75) is 6.54 Å². The number of aromatic nitrogens is 1. The lowest BCUT2D eigenvalue weighted by Gasteiger charge is -2.13. The Kier molecular flexibility index (Phi) is 5.58. The number of fused-ring (bicyclic) bond motifs is 1. The zero-order valence-corrected chi connectivity index (χ0v) is 16.7. The molecule has 0 unspecified atom stereocenters. The molecule has 1 saturated heterocycles. The molecule has 2 heterocycles. The highest BCUT2D eigenvalue weighted by Crippen LogP contribution is 2.34. The van der Waals surface area contributed by atoms with E-state index in [0.29, 0.717) is 16.2 Å². The highest BCUT2D eigenvalue weighted by molar-refractivity contribution is 8.18. The molecule has 2 aromatic carbocycles. The molecule has 0 atom stereocenters. The molecule has 152 valence electrons. The summed E-state index contributed by atoms with van der Waals surface area (Å²) in [6, 6.07) is 16.5. The van der Waals surface area contributed by atoms with E-state index in [1.54, 1.807) is 29.0 Å². The summed E-state index contributed by atoms with van der Waals surface area (Å²) < 4.78 is 7.19. The number of ether oxygens (including phenoxy) is 1. The number of amides is 2. The third-order valence-corrected chi connectivity index (χ3v) is 5.52. The van der Waals surface area contributed by atoms with E-state index >= 15 is 0 Å². The first-order valence-electron chi connectivity index (χ1n) is 9.26. The number of benzene rings is 2. The predicted molar refractivity (Wildman–Crippen MR) is 114 cm³/mol. The number of rotatable bonds is 7. The van der Waals surface area contributed by atoms with Crippen LogP contribution in [-0.2, 0) is 16.1 Å². The molecule has 0 radical (unpaired) electrons. The molecule has 1 aromatic heterocycles. The Balaban J connectivity index is 1.53. The van der Waals surface area contributed by atoms with E-state index in [-0.39, 0.29) is 30.8 Å². The summed E-state index contributed by atoms with van der Waals surface area (Å²) in [5.74, 6) is -0.663. The maximum atomic E-state index is 12.7. The van der Waals surface area contributed by atoms with Gasteiger partial charge >= 0.3 is 5.97 Å². The van der Waals surface area contributed by atoms with Gasteiger partial charge in [0.15, 0.2) is 0 Å². The summed E-state index contributed by atoms with van der Waals surface area (Å²) in [6.45, 7) is 0.164. The van der Waals surface area contributed by atoms with Gasteiger partial charge in [0.1, 0.15) is 18.9 Å². The summed E-state index contributed by atoms with van der Waals surface area (Å²) in [5, 5.41) is 9.61. The Morgan fingerprint density at radius 3 is 2.57 bits per heavy atom. The van der Waals surface area contributed by atoms with Gasteiger partial charge in [-0.1, -0.05) is 36.4 Å². The van der Waals surface area contributed by atoms with Gasteiger partial charge in [-0.15, -0.1) is 0 Å². The number of hydrogen-bond donors (Lipinski definition) is 1. The first kappa shape index (κ1) is 19.8. The summed E-state index contributed by atoms with van der Waals surface area (Å²) >= 11 is 0.872. The minimum Gasteiger partial charge on any atom is -0.492 e. The van der Waals surface area contributed by atoms with Crippen LogP contribution in [0, 0.1) is 0 Å². The normalized spacial score (nSPS) is 15.3. The molecule has 1 N–H and O–H groups in total. The molecule has 30 heavy (non-hydrogen) atoms. The smallest absolute Gasteiger partial charge is 0.323 e. The van der Waals surface area contributed by atoms with Crippen molar-refractivity contribution in [3.63, 3.8) is 0 Å². The van der Waals surface area contributed by atoms with E-state index in [0.717, 1.165) is 27.6 Å². The topological polar surface area (TPSA) is 88.8 Å². The fourth-order valence-corrected chi connectivity index (χ4v) is 4.13. The van der Waals surface area contributed by atoms with Crippen LogP contribution < -0.4 is 4.74 Å². The summed E-state index contributed by atoms with van der Waals surface area (Å²) in [5.41, 5.74) is 1.44. The number of carbonyl (C=O) groups excluding carboxylic acids is 2. The van der Waals surface area contributed by atoms with Crippen molar-refractivity contribution in [1.29, 1.82) is 0 Å². The van der Waals surface area contributed by atoms with Gasteiger partial charge in [0.2, 0.25) is 0 Å². The van der Waals surface area contributed by atoms with Crippen LogP contribution in [0.25, 0.3) is 17.0 Å². The lowest BCUT2D eigenvalue weighted by Crippen LogP contribution is -2.32. The van der Waals surface area contributed by atoms with Gasteiger partial charge in [0, 0.05) is 22.7 Å². The van der Waals surface area contributed by atoms with Gasteiger partial charge < -0.3 is 14.4 Å².